The molecule has 112 valence electrons. The lowest BCUT2D eigenvalue weighted by atomic mass is 10.2. The summed E-state index contributed by atoms with van der Waals surface area (Å²) in [5, 5.41) is 3.85. The van der Waals surface area contributed by atoms with Gasteiger partial charge in [0.25, 0.3) is 5.89 Å². The van der Waals surface area contributed by atoms with Gasteiger partial charge in [0.1, 0.15) is 11.6 Å². The topological polar surface area (TPSA) is 48.2 Å². The van der Waals surface area contributed by atoms with Crippen LogP contribution in [0.3, 0.4) is 0 Å². The van der Waals surface area contributed by atoms with Gasteiger partial charge in [0.05, 0.1) is 8.95 Å². The highest BCUT2D eigenvalue weighted by Gasteiger charge is 2.11. The second kappa shape index (κ2) is 6.58. The van der Waals surface area contributed by atoms with Gasteiger partial charge in [-0.3, -0.25) is 0 Å². The normalized spacial score (nSPS) is 10.7. The van der Waals surface area contributed by atoms with E-state index in [4.69, 9.17) is 9.26 Å². The van der Waals surface area contributed by atoms with E-state index in [9.17, 15) is 4.39 Å². The molecule has 0 unspecified atom stereocenters. The van der Waals surface area contributed by atoms with Crippen LogP contribution >= 0.6 is 31.9 Å². The lowest BCUT2D eigenvalue weighted by molar-refractivity contribution is 0.283. The van der Waals surface area contributed by atoms with Gasteiger partial charge < -0.3 is 9.26 Å². The zero-order valence-corrected chi connectivity index (χ0v) is 14.3. The molecule has 0 spiro atoms. The Morgan fingerprint density at radius 2 is 1.73 bits per heavy atom. The van der Waals surface area contributed by atoms with Crippen LogP contribution in [-0.4, -0.2) is 10.1 Å². The van der Waals surface area contributed by atoms with Gasteiger partial charge in [-0.15, -0.1) is 0 Å². The highest BCUT2D eigenvalue weighted by molar-refractivity contribution is 9.11. The van der Waals surface area contributed by atoms with E-state index < -0.39 is 0 Å². The van der Waals surface area contributed by atoms with Crippen molar-refractivity contribution < 1.29 is 13.7 Å². The van der Waals surface area contributed by atoms with E-state index in [2.05, 4.69) is 42.0 Å². The molecule has 0 N–H and O–H groups in total. The molecule has 3 aromatic rings. The molecule has 4 nitrogen and oxygen atoms in total. The number of halogens is 3. The van der Waals surface area contributed by atoms with Gasteiger partial charge >= 0.3 is 0 Å². The SMILES string of the molecule is Fc1ccc(-c2nc(COc3c(Br)cccc3Br)no2)cc1. The zero-order valence-electron chi connectivity index (χ0n) is 11.1. The second-order valence-electron chi connectivity index (χ2n) is 4.36. The predicted octanol–water partition coefficient (Wildman–Crippen LogP) is 4.98. The van der Waals surface area contributed by atoms with Crippen molar-refractivity contribution >= 4 is 31.9 Å². The van der Waals surface area contributed by atoms with Crippen LogP contribution in [0.25, 0.3) is 11.5 Å². The van der Waals surface area contributed by atoms with E-state index >= 15 is 0 Å². The van der Waals surface area contributed by atoms with Crippen molar-refractivity contribution in [3.63, 3.8) is 0 Å². The molecule has 0 saturated carbocycles. The summed E-state index contributed by atoms with van der Waals surface area (Å²) >= 11 is 6.83. The van der Waals surface area contributed by atoms with Crippen LogP contribution in [0.4, 0.5) is 4.39 Å². The number of hydrogen-bond acceptors (Lipinski definition) is 4. The lowest BCUT2D eigenvalue weighted by Crippen LogP contribution is -1.98. The van der Waals surface area contributed by atoms with E-state index in [-0.39, 0.29) is 12.4 Å². The van der Waals surface area contributed by atoms with E-state index in [1.165, 1.54) is 12.1 Å². The molecular formula is C15H9Br2FN2O2. The van der Waals surface area contributed by atoms with Crippen LogP contribution in [0.2, 0.25) is 0 Å². The van der Waals surface area contributed by atoms with Crippen molar-refractivity contribution in [3.8, 4) is 17.2 Å². The summed E-state index contributed by atoms with van der Waals surface area (Å²) in [5.74, 6) is 1.08. The van der Waals surface area contributed by atoms with Crippen molar-refractivity contribution in [2.24, 2.45) is 0 Å². The maximum Gasteiger partial charge on any atom is 0.258 e. The standard InChI is InChI=1S/C15H9Br2FN2O2/c16-11-2-1-3-12(17)14(11)21-8-13-19-15(22-20-13)9-4-6-10(18)7-5-9/h1-7H,8H2. The number of hydrogen-bond donors (Lipinski definition) is 0. The van der Waals surface area contributed by atoms with Gasteiger partial charge in [0.2, 0.25) is 5.82 Å². The fourth-order valence-electron chi connectivity index (χ4n) is 1.78. The molecule has 1 heterocycles. The van der Waals surface area contributed by atoms with Crippen LogP contribution < -0.4 is 4.74 Å². The summed E-state index contributed by atoms with van der Waals surface area (Å²) < 4.78 is 25.4. The first-order valence-electron chi connectivity index (χ1n) is 6.29. The van der Waals surface area contributed by atoms with Crippen LogP contribution in [0.5, 0.6) is 5.75 Å². The van der Waals surface area contributed by atoms with Gasteiger partial charge in [-0.25, -0.2) is 4.39 Å². The highest BCUT2D eigenvalue weighted by Crippen LogP contribution is 2.33. The van der Waals surface area contributed by atoms with Gasteiger partial charge in [-0.05, 0) is 68.3 Å². The minimum Gasteiger partial charge on any atom is -0.483 e. The van der Waals surface area contributed by atoms with Gasteiger partial charge in [-0.2, -0.15) is 4.98 Å². The van der Waals surface area contributed by atoms with E-state index in [1.54, 1.807) is 12.1 Å². The molecule has 1 aromatic heterocycles. The first kappa shape index (κ1) is 15.2. The van der Waals surface area contributed by atoms with Gasteiger partial charge in [-0.1, -0.05) is 11.2 Å². The Morgan fingerprint density at radius 1 is 1.05 bits per heavy atom. The van der Waals surface area contributed by atoms with Crippen molar-refractivity contribution in [2.75, 3.05) is 0 Å². The molecule has 0 aliphatic rings. The summed E-state index contributed by atoms with van der Waals surface area (Å²) in [6.45, 7) is 0.159. The van der Waals surface area contributed by atoms with Gasteiger partial charge in [0.15, 0.2) is 6.61 Å². The monoisotopic (exact) mass is 426 g/mol. The summed E-state index contributed by atoms with van der Waals surface area (Å²) in [6, 6.07) is 11.5. The summed E-state index contributed by atoms with van der Waals surface area (Å²) in [7, 11) is 0. The third-order valence-electron chi connectivity index (χ3n) is 2.82. The zero-order chi connectivity index (χ0) is 15.5. The molecule has 0 saturated heterocycles. The largest absolute Gasteiger partial charge is 0.483 e. The van der Waals surface area contributed by atoms with Crippen LogP contribution in [0.15, 0.2) is 55.9 Å². The number of rotatable bonds is 4. The number of ether oxygens (including phenoxy) is 1. The smallest absolute Gasteiger partial charge is 0.258 e. The number of para-hydroxylation sites is 1. The molecule has 0 bridgehead atoms. The average Bonchev–Trinajstić information content (AvgIpc) is 2.96. The fraction of sp³-hybridized carbons (Fsp3) is 0.0667. The summed E-state index contributed by atoms with van der Waals surface area (Å²) in [6.07, 6.45) is 0. The Bertz CT molecular complexity index is 770. The molecule has 22 heavy (non-hydrogen) atoms. The van der Waals surface area contributed by atoms with E-state index in [1.807, 2.05) is 18.2 Å². The average molecular weight is 428 g/mol. The number of aromatic nitrogens is 2. The molecule has 3 rings (SSSR count). The number of nitrogens with zero attached hydrogens (tertiary/aromatic N) is 2. The lowest BCUT2D eigenvalue weighted by Gasteiger charge is -2.07. The highest BCUT2D eigenvalue weighted by atomic mass is 79.9. The Hall–Kier alpha value is -1.73. The van der Waals surface area contributed by atoms with Crippen LogP contribution in [-0.2, 0) is 6.61 Å². The summed E-state index contributed by atoms with van der Waals surface area (Å²) in [4.78, 5) is 4.23. The molecule has 0 amide bonds. The fourth-order valence-corrected chi connectivity index (χ4v) is 3.01. The molecule has 2 aromatic carbocycles. The van der Waals surface area contributed by atoms with E-state index in [0.29, 0.717) is 23.0 Å². The Labute approximate surface area is 142 Å². The maximum atomic E-state index is 12.9. The van der Waals surface area contributed by atoms with Crippen LogP contribution in [0.1, 0.15) is 5.82 Å². The molecule has 0 aliphatic heterocycles. The van der Waals surface area contributed by atoms with Crippen molar-refractivity contribution in [1.82, 2.24) is 10.1 Å². The quantitative estimate of drug-likeness (QED) is 0.589. The Morgan fingerprint density at radius 3 is 2.41 bits per heavy atom. The van der Waals surface area contributed by atoms with Crippen LogP contribution in [0, 0.1) is 5.82 Å². The van der Waals surface area contributed by atoms with Crippen molar-refractivity contribution in [2.45, 2.75) is 6.61 Å². The first-order valence-corrected chi connectivity index (χ1v) is 7.87. The Balaban J connectivity index is 1.73. The second-order valence-corrected chi connectivity index (χ2v) is 6.07. The summed E-state index contributed by atoms with van der Waals surface area (Å²) in [5.41, 5.74) is 0.655. The predicted molar refractivity (Wildman–Crippen MR) is 85.9 cm³/mol. The number of benzene rings is 2. The van der Waals surface area contributed by atoms with Gasteiger partial charge in [0, 0.05) is 5.56 Å². The van der Waals surface area contributed by atoms with Crippen molar-refractivity contribution in [1.29, 1.82) is 0 Å². The molecular weight excluding hydrogens is 419 g/mol. The third-order valence-corrected chi connectivity index (χ3v) is 4.07. The minimum absolute atomic E-state index is 0.159. The Kier molecular flexibility index (Phi) is 4.54. The molecule has 0 fully saturated rings. The van der Waals surface area contributed by atoms with Crippen molar-refractivity contribution in [3.05, 3.63) is 63.1 Å². The minimum atomic E-state index is -0.314. The first-order chi connectivity index (χ1) is 10.6. The molecule has 0 atom stereocenters. The molecule has 0 radical (unpaired) electrons. The van der Waals surface area contributed by atoms with E-state index in [0.717, 1.165) is 8.95 Å². The third kappa shape index (κ3) is 3.36. The maximum absolute atomic E-state index is 12.9. The molecule has 7 heteroatoms. The molecule has 0 aliphatic carbocycles.